The maximum Gasteiger partial charge on any atom is 0.0679 e. The summed E-state index contributed by atoms with van der Waals surface area (Å²) in [6, 6.07) is 0. The topological polar surface area (TPSA) is 41.5 Å². The van der Waals surface area contributed by atoms with Crippen molar-refractivity contribution in [2.24, 2.45) is 11.8 Å². The van der Waals surface area contributed by atoms with E-state index in [9.17, 15) is 5.11 Å². The molecule has 0 aromatic heterocycles. The first kappa shape index (κ1) is 13.3. The fraction of sp³-hybridized carbons (Fsp3) is 1.00. The summed E-state index contributed by atoms with van der Waals surface area (Å²) in [7, 11) is 0. The van der Waals surface area contributed by atoms with Gasteiger partial charge in [0.05, 0.1) is 18.8 Å². The highest BCUT2D eigenvalue weighted by Crippen LogP contribution is 2.40. The smallest absolute Gasteiger partial charge is 0.0679 e. The van der Waals surface area contributed by atoms with Gasteiger partial charge in [-0.3, -0.25) is 0 Å². The zero-order chi connectivity index (χ0) is 12.1. The van der Waals surface area contributed by atoms with E-state index in [0.29, 0.717) is 12.5 Å². The Morgan fingerprint density at radius 3 is 2.59 bits per heavy atom. The van der Waals surface area contributed by atoms with Crippen molar-refractivity contribution >= 4 is 0 Å². The monoisotopic (exact) mass is 241 g/mol. The summed E-state index contributed by atoms with van der Waals surface area (Å²) in [6.07, 6.45) is 7.58. The van der Waals surface area contributed by atoms with Crippen LogP contribution in [0.2, 0.25) is 0 Å². The fourth-order valence-electron chi connectivity index (χ4n) is 2.46. The van der Waals surface area contributed by atoms with Gasteiger partial charge in [0.2, 0.25) is 0 Å². The zero-order valence-electron chi connectivity index (χ0n) is 11.1. The molecule has 3 heteroatoms. The molecule has 0 radical (unpaired) electrons. The lowest BCUT2D eigenvalue weighted by atomic mass is 9.95. The van der Waals surface area contributed by atoms with Crippen LogP contribution in [0.5, 0.6) is 0 Å². The van der Waals surface area contributed by atoms with Crippen LogP contribution in [-0.2, 0) is 4.74 Å². The van der Waals surface area contributed by atoms with Crippen LogP contribution >= 0.6 is 0 Å². The van der Waals surface area contributed by atoms with Crippen molar-refractivity contribution in [3.63, 3.8) is 0 Å². The Hall–Kier alpha value is -0.120. The Morgan fingerprint density at radius 1 is 1.29 bits per heavy atom. The first-order valence-electron chi connectivity index (χ1n) is 7.24. The Balaban J connectivity index is 1.71. The summed E-state index contributed by atoms with van der Waals surface area (Å²) in [5.74, 6) is 1.56. The molecule has 2 fully saturated rings. The van der Waals surface area contributed by atoms with Gasteiger partial charge in [-0.15, -0.1) is 0 Å². The molecule has 2 rings (SSSR count). The molecule has 0 spiro atoms. The van der Waals surface area contributed by atoms with Crippen molar-refractivity contribution in [2.75, 3.05) is 26.4 Å². The van der Waals surface area contributed by atoms with E-state index in [-0.39, 0.29) is 12.1 Å². The van der Waals surface area contributed by atoms with Gasteiger partial charge in [0, 0.05) is 6.61 Å². The van der Waals surface area contributed by atoms with E-state index in [1.165, 1.54) is 32.1 Å². The second kappa shape index (κ2) is 6.17. The lowest BCUT2D eigenvalue weighted by Crippen LogP contribution is -2.54. The molecule has 0 saturated heterocycles. The molecule has 2 saturated carbocycles. The number of hydrogen-bond donors (Lipinski definition) is 2. The van der Waals surface area contributed by atoms with Gasteiger partial charge < -0.3 is 15.2 Å². The van der Waals surface area contributed by atoms with E-state index < -0.39 is 0 Å². The minimum Gasteiger partial charge on any atom is -0.394 e. The Bertz CT molecular complexity index is 226. The lowest BCUT2D eigenvalue weighted by Gasteiger charge is -2.33. The number of hydrogen-bond acceptors (Lipinski definition) is 3. The Kier molecular flexibility index (Phi) is 4.83. The Labute approximate surface area is 105 Å². The van der Waals surface area contributed by atoms with E-state index in [1.54, 1.807) is 0 Å². The molecule has 17 heavy (non-hydrogen) atoms. The second-order valence-corrected chi connectivity index (χ2v) is 5.80. The minimum absolute atomic E-state index is 0.153. The quantitative estimate of drug-likeness (QED) is 0.574. The Morgan fingerprint density at radius 2 is 2.06 bits per heavy atom. The van der Waals surface area contributed by atoms with Crippen molar-refractivity contribution in [3.8, 4) is 0 Å². The van der Waals surface area contributed by atoms with Gasteiger partial charge in [-0.25, -0.2) is 0 Å². The molecule has 100 valence electrons. The van der Waals surface area contributed by atoms with Crippen molar-refractivity contribution < 1.29 is 9.84 Å². The predicted molar refractivity (Wildman–Crippen MR) is 69.0 cm³/mol. The molecule has 3 nitrogen and oxygen atoms in total. The van der Waals surface area contributed by atoms with Gasteiger partial charge in [-0.1, -0.05) is 19.8 Å². The third-order valence-corrected chi connectivity index (χ3v) is 4.10. The summed E-state index contributed by atoms with van der Waals surface area (Å²) in [6.45, 7) is 4.90. The maximum atomic E-state index is 9.69. The van der Waals surface area contributed by atoms with Gasteiger partial charge in [-0.05, 0) is 44.1 Å². The number of rotatable bonds is 10. The molecule has 0 aromatic rings. The van der Waals surface area contributed by atoms with Crippen LogP contribution in [0.3, 0.4) is 0 Å². The molecule has 1 atom stereocenters. The lowest BCUT2D eigenvalue weighted by molar-refractivity contribution is 0.0217. The van der Waals surface area contributed by atoms with Crippen molar-refractivity contribution in [3.05, 3.63) is 0 Å². The molecular formula is C14H27NO2. The van der Waals surface area contributed by atoms with Gasteiger partial charge in [0.15, 0.2) is 0 Å². The minimum atomic E-state index is -0.153. The summed E-state index contributed by atoms with van der Waals surface area (Å²) in [4.78, 5) is 0. The van der Waals surface area contributed by atoms with Crippen molar-refractivity contribution in [2.45, 2.75) is 51.0 Å². The SMILES string of the molecule is CCCNC(CO)(COCCC1CC1)C1CC1. The highest BCUT2D eigenvalue weighted by molar-refractivity contribution is 5.01. The summed E-state index contributed by atoms with van der Waals surface area (Å²) in [5.41, 5.74) is -0.153. The van der Waals surface area contributed by atoms with Crippen molar-refractivity contribution in [1.29, 1.82) is 0 Å². The van der Waals surface area contributed by atoms with E-state index in [4.69, 9.17) is 4.74 Å². The van der Waals surface area contributed by atoms with E-state index >= 15 is 0 Å². The highest BCUT2D eigenvalue weighted by atomic mass is 16.5. The summed E-state index contributed by atoms with van der Waals surface area (Å²) >= 11 is 0. The third-order valence-electron chi connectivity index (χ3n) is 4.10. The van der Waals surface area contributed by atoms with Crippen LogP contribution in [0.1, 0.15) is 45.4 Å². The summed E-state index contributed by atoms with van der Waals surface area (Å²) < 4.78 is 5.82. The third kappa shape index (κ3) is 3.94. The van der Waals surface area contributed by atoms with Crippen LogP contribution in [0.25, 0.3) is 0 Å². The average Bonchev–Trinajstić information content (AvgIpc) is 3.19. The number of nitrogens with one attached hydrogen (secondary N) is 1. The zero-order valence-corrected chi connectivity index (χ0v) is 11.1. The molecule has 1 unspecified atom stereocenters. The second-order valence-electron chi connectivity index (χ2n) is 5.80. The molecule has 2 aliphatic carbocycles. The number of aliphatic hydroxyl groups excluding tert-OH is 1. The van der Waals surface area contributed by atoms with Crippen LogP contribution in [0.15, 0.2) is 0 Å². The van der Waals surface area contributed by atoms with Crippen LogP contribution in [0.4, 0.5) is 0 Å². The number of ether oxygens (including phenoxy) is 1. The average molecular weight is 241 g/mol. The fourth-order valence-corrected chi connectivity index (χ4v) is 2.46. The molecule has 0 amide bonds. The number of aliphatic hydroxyl groups is 1. The highest BCUT2D eigenvalue weighted by Gasteiger charge is 2.44. The van der Waals surface area contributed by atoms with Gasteiger partial charge in [0.25, 0.3) is 0 Å². The van der Waals surface area contributed by atoms with Gasteiger partial charge in [-0.2, -0.15) is 0 Å². The molecular weight excluding hydrogens is 214 g/mol. The molecule has 0 aromatic carbocycles. The molecule has 2 N–H and O–H groups in total. The molecule has 2 aliphatic rings. The van der Waals surface area contributed by atoms with Crippen LogP contribution in [-0.4, -0.2) is 37.0 Å². The van der Waals surface area contributed by atoms with E-state index in [1.807, 2.05) is 0 Å². The maximum absolute atomic E-state index is 9.69. The van der Waals surface area contributed by atoms with E-state index in [2.05, 4.69) is 12.2 Å². The van der Waals surface area contributed by atoms with Gasteiger partial charge >= 0.3 is 0 Å². The molecule has 0 heterocycles. The van der Waals surface area contributed by atoms with Crippen LogP contribution < -0.4 is 5.32 Å². The largest absolute Gasteiger partial charge is 0.394 e. The molecule has 0 aliphatic heterocycles. The standard InChI is InChI=1S/C14H27NO2/c1-2-8-15-14(10-16,13-5-6-13)11-17-9-7-12-3-4-12/h12-13,15-16H,2-11H2,1H3. The van der Waals surface area contributed by atoms with Gasteiger partial charge in [0.1, 0.15) is 0 Å². The van der Waals surface area contributed by atoms with Crippen molar-refractivity contribution in [1.82, 2.24) is 5.32 Å². The normalized spacial score (nSPS) is 23.6. The van der Waals surface area contributed by atoms with Crippen LogP contribution in [0, 0.1) is 11.8 Å². The first-order chi connectivity index (χ1) is 8.30. The van der Waals surface area contributed by atoms with E-state index in [0.717, 1.165) is 25.5 Å². The molecule has 0 bridgehead atoms. The first-order valence-corrected chi connectivity index (χ1v) is 7.24. The predicted octanol–water partition coefficient (Wildman–Crippen LogP) is 1.94. The summed E-state index contributed by atoms with van der Waals surface area (Å²) in [5, 5.41) is 13.2.